The molecule has 0 unspecified atom stereocenters. The lowest BCUT2D eigenvalue weighted by Crippen LogP contribution is -2.45. The fourth-order valence-corrected chi connectivity index (χ4v) is 4.00. The number of piperidine rings is 1. The summed E-state index contributed by atoms with van der Waals surface area (Å²) in [6.45, 7) is 3.54. The van der Waals surface area contributed by atoms with Gasteiger partial charge in [0.05, 0.1) is 5.52 Å². The second kappa shape index (κ2) is 6.58. The Balaban J connectivity index is 1.25. The molecule has 0 bridgehead atoms. The number of fused-ring (bicyclic) bond motifs is 1. The molecule has 1 atom stereocenters. The van der Waals surface area contributed by atoms with Gasteiger partial charge in [-0.3, -0.25) is 9.78 Å². The Bertz CT molecular complexity index is 1020. The van der Waals surface area contributed by atoms with Gasteiger partial charge in [-0.25, -0.2) is 0 Å². The van der Waals surface area contributed by atoms with E-state index in [1.54, 1.807) is 6.20 Å². The van der Waals surface area contributed by atoms with E-state index in [0.717, 1.165) is 42.4 Å². The summed E-state index contributed by atoms with van der Waals surface area (Å²) in [4.78, 5) is 19.0. The lowest BCUT2D eigenvalue weighted by molar-refractivity contribution is -0.133. The monoisotopic (exact) mass is 377 g/mol. The van der Waals surface area contributed by atoms with Crippen LogP contribution >= 0.6 is 0 Å². The van der Waals surface area contributed by atoms with Gasteiger partial charge in [0.15, 0.2) is 0 Å². The smallest absolute Gasteiger partial charge is 0.316 e. The van der Waals surface area contributed by atoms with Crippen LogP contribution in [0.5, 0.6) is 0 Å². The van der Waals surface area contributed by atoms with Crippen molar-refractivity contribution in [3.05, 3.63) is 36.5 Å². The molecule has 7 nitrogen and oxygen atoms in total. The van der Waals surface area contributed by atoms with Crippen molar-refractivity contribution in [1.29, 1.82) is 0 Å². The van der Waals surface area contributed by atoms with Crippen molar-refractivity contribution in [2.75, 3.05) is 18.4 Å². The Morgan fingerprint density at radius 3 is 2.79 bits per heavy atom. The summed E-state index contributed by atoms with van der Waals surface area (Å²) in [6.07, 6.45) is 6.68. The maximum atomic E-state index is 12.7. The molecule has 5 rings (SSSR count). The van der Waals surface area contributed by atoms with Gasteiger partial charge in [-0.05, 0) is 56.2 Å². The van der Waals surface area contributed by atoms with E-state index in [1.807, 2.05) is 42.2 Å². The highest BCUT2D eigenvalue weighted by Gasteiger charge is 2.45. The second-order valence-electron chi connectivity index (χ2n) is 8.01. The van der Waals surface area contributed by atoms with Gasteiger partial charge in [0.2, 0.25) is 11.8 Å². The first-order valence-corrected chi connectivity index (χ1v) is 9.86. The molecule has 7 heteroatoms. The molecule has 1 saturated carbocycles. The Morgan fingerprint density at radius 1 is 1.18 bits per heavy atom. The molecule has 3 heterocycles. The molecule has 28 heavy (non-hydrogen) atoms. The van der Waals surface area contributed by atoms with E-state index in [9.17, 15) is 4.79 Å². The van der Waals surface area contributed by atoms with Crippen LogP contribution in [0.2, 0.25) is 0 Å². The van der Waals surface area contributed by atoms with Crippen molar-refractivity contribution in [3.63, 3.8) is 0 Å². The van der Waals surface area contributed by atoms with E-state index in [4.69, 9.17) is 4.42 Å². The zero-order chi connectivity index (χ0) is 19.1. The molecule has 1 amide bonds. The Morgan fingerprint density at radius 2 is 2.00 bits per heavy atom. The summed E-state index contributed by atoms with van der Waals surface area (Å²) in [5, 5.41) is 12.3. The highest BCUT2D eigenvalue weighted by Crippen LogP contribution is 2.53. The normalized spacial score (nSPS) is 19.0. The van der Waals surface area contributed by atoms with Crippen molar-refractivity contribution in [3.8, 4) is 11.5 Å². The van der Waals surface area contributed by atoms with Crippen LogP contribution in [0.4, 0.5) is 6.01 Å². The largest absolute Gasteiger partial charge is 0.403 e. The molecular weight excluding hydrogens is 354 g/mol. The second-order valence-corrected chi connectivity index (χ2v) is 8.01. The van der Waals surface area contributed by atoms with E-state index in [1.165, 1.54) is 12.8 Å². The third-order valence-corrected chi connectivity index (χ3v) is 6.08. The minimum Gasteiger partial charge on any atom is -0.403 e. The lowest BCUT2D eigenvalue weighted by atomic mass is 9.93. The summed E-state index contributed by atoms with van der Waals surface area (Å²) in [5.41, 5.74) is 2.23. The molecule has 1 aliphatic heterocycles. The highest BCUT2D eigenvalue weighted by molar-refractivity contribution is 5.84. The number of amides is 1. The fraction of sp³-hybridized carbons (Fsp3) is 0.429. The van der Waals surface area contributed by atoms with E-state index in [-0.39, 0.29) is 11.9 Å². The summed E-state index contributed by atoms with van der Waals surface area (Å²) >= 11 is 0. The van der Waals surface area contributed by atoms with Gasteiger partial charge in [0.25, 0.3) is 0 Å². The molecule has 1 saturated heterocycles. The number of carbonyl (C=O) groups is 1. The number of pyridine rings is 1. The van der Waals surface area contributed by atoms with Crippen LogP contribution in [-0.4, -0.2) is 45.1 Å². The topological polar surface area (TPSA) is 84.1 Å². The molecule has 2 aliphatic rings. The number of aromatic nitrogens is 3. The first-order chi connectivity index (χ1) is 13.6. The average molecular weight is 377 g/mol. The van der Waals surface area contributed by atoms with Crippen molar-refractivity contribution < 1.29 is 9.21 Å². The van der Waals surface area contributed by atoms with E-state index in [2.05, 4.69) is 20.5 Å². The van der Waals surface area contributed by atoms with Gasteiger partial charge in [-0.15, -0.1) is 5.10 Å². The van der Waals surface area contributed by atoms with Crippen molar-refractivity contribution in [2.24, 2.45) is 5.41 Å². The van der Waals surface area contributed by atoms with E-state index >= 15 is 0 Å². The Labute approximate surface area is 163 Å². The van der Waals surface area contributed by atoms with Crippen molar-refractivity contribution in [1.82, 2.24) is 20.1 Å². The molecule has 0 radical (unpaired) electrons. The molecule has 2 aromatic heterocycles. The molecule has 1 aliphatic carbocycles. The van der Waals surface area contributed by atoms with Crippen LogP contribution < -0.4 is 5.32 Å². The number of carbonyl (C=O) groups excluding carboxylic acids is 1. The van der Waals surface area contributed by atoms with Crippen LogP contribution in [0.3, 0.4) is 0 Å². The number of nitrogens with zero attached hydrogens (tertiary/aromatic N) is 4. The molecule has 1 aromatic carbocycles. The van der Waals surface area contributed by atoms with Crippen LogP contribution in [-0.2, 0) is 4.79 Å². The first kappa shape index (κ1) is 17.2. The standard InChI is InChI=1S/C21H23N5O2/c1-14(19(27)26-11-8-21(6-7-21)9-12-26)23-20-25-24-18(28-20)16-5-4-15-3-2-10-22-17(15)13-16/h2-5,10,13-14H,6-9,11-12H2,1H3,(H,23,25)/t14-/m1/s1. The fourth-order valence-electron chi connectivity index (χ4n) is 4.00. The quantitative estimate of drug-likeness (QED) is 0.749. The van der Waals surface area contributed by atoms with Crippen LogP contribution in [0.15, 0.2) is 40.9 Å². The Kier molecular flexibility index (Phi) is 4.03. The number of rotatable bonds is 4. The SMILES string of the molecule is C[C@@H](Nc1nnc(-c2ccc3cccnc3c2)o1)C(=O)N1CCC2(CC1)CC2. The average Bonchev–Trinajstić information content (AvgIpc) is 3.31. The van der Waals surface area contributed by atoms with Crippen LogP contribution in [0.25, 0.3) is 22.4 Å². The third kappa shape index (κ3) is 3.21. The number of anilines is 1. The predicted octanol–water partition coefficient (Wildman–Crippen LogP) is 3.49. The minimum atomic E-state index is -0.403. The molecule has 144 valence electrons. The number of likely N-dealkylation sites (tertiary alicyclic amines) is 1. The van der Waals surface area contributed by atoms with Crippen LogP contribution in [0.1, 0.15) is 32.6 Å². The molecule has 1 N–H and O–H groups in total. The number of benzene rings is 1. The van der Waals surface area contributed by atoms with Crippen LogP contribution in [0, 0.1) is 5.41 Å². The molecular formula is C21H23N5O2. The molecule has 2 fully saturated rings. The first-order valence-electron chi connectivity index (χ1n) is 9.86. The summed E-state index contributed by atoms with van der Waals surface area (Å²) < 4.78 is 5.74. The maximum Gasteiger partial charge on any atom is 0.316 e. The number of hydrogen-bond donors (Lipinski definition) is 1. The van der Waals surface area contributed by atoms with Gasteiger partial charge >= 0.3 is 6.01 Å². The van der Waals surface area contributed by atoms with E-state index < -0.39 is 6.04 Å². The zero-order valence-corrected chi connectivity index (χ0v) is 15.9. The van der Waals surface area contributed by atoms with Gasteiger partial charge in [0.1, 0.15) is 6.04 Å². The number of nitrogens with one attached hydrogen (secondary N) is 1. The van der Waals surface area contributed by atoms with Gasteiger partial charge in [0, 0.05) is 30.2 Å². The Hall–Kier alpha value is -2.96. The van der Waals surface area contributed by atoms with Crippen molar-refractivity contribution in [2.45, 2.75) is 38.6 Å². The lowest BCUT2D eigenvalue weighted by Gasteiger charge is -2.33. The van der Waals surface area contributed by atoms with Gasteiger partial charge < -0.3 is 14.6 Å². The van der Waals surface area contributed by atoms with E-state index in [0.29, 0.717) is 11.3 Å². The summed E-state index contributed by atoms with van der Waals surface area (Å²) in [5.74, 6) is 0.494. The minimum absolute atomic E-state index is 0.0881. The summed E-state index contributed by atoms with van der Waals surface area (Å²) in [7, 11) is 0. The highest BCUT2D eigenvalue weighted by atomic mass is 16.4. The van der Waals surface area contributed by atoms with Crippen molar-refractivity contribution >= 4 is 22.8 Å². The van der Waals surface area contributed by atoms with Gasteiger partial charge in [-0.2, -0.15) is 0 Å². The van der Waals surface area contributed by atoms with Gasteiger partial charge in [-0.1, -0.05) is 17.2 Å². The zero-order valence-electron chi connectivity index (χ0n) is 15.9. The molecule has 1 spiro atoms. The summed E-state index contributed by atoms with van der Waals surface area (Å²) in [6, 6.07) is 9.59. The predicted molar refractivity (Wildman–Crippen MR) is 106 cm³/mol. The number of hydrogen-bond acceptors (Lipinski definition) is 6. The third-order valence-electron chi connectivity index (χ3n) is 6.08. The molecule has 3 aromatic rings. The maximum absolute atomic E-state index is 12.7.